The summed E-state index contributed by atoms with van der Waals surface area (Å²) in [6, 6.07) is 7.27. The van der Waals surface area contributed by atoms with Gasteiger partial charge in [-0.3, -0.25) is 4.79 Å². The highest BCUT2D eigenvalue weighted by atomic mass is 16.5. The molecule has 1 aromatic rings. The topological polar surface area (TPSA) is 38.8 Å². The molecule has 1 amide bonds. The molecule has 1 aliphatic heterocycles. The van der Waals surface area contributed by atoms with E-state index in [4.69, 9.17) is 9.47 Å². The van der Waals surface area contributed by atoms with Gasteiger partial charge in [0, 0.05) is 26.3 Å². The molecule has 0 aliphatic carbocycles. The third-order valence-corrected chi connectivity index (χ3v) is 2.95. The molecule has 98 valence electrons. The summed E-state index contributed by atoms with van der Waals surface area (Å²) >= 11 is 0. The van der Waals surface area contributed by atoms with Crippen LogP contribution in [0.25, 0.3) is 0 Å². The highest BCUT2D eigenvalue weighted by Crippen LogP contribution is 2.17. The summed E-state index contributed by atoms with van der Waals surface area (Å²) in [6.07, 6.45) is 2.35. The molecule has 0 bridgehead atoms. The molecule has 1 aromatic carbocycles. The first kappa shape index (κ1) is 12.9. The molecule has 1 saturated heterocycles. The number of benzene rings is 1. The highest BCUT2D eigenvalue weighted by molar-refractivity contribution is 5.94. The van der Waals surface area contributed by atoms with Gasteiger partial charge in [0.05, 0.1) is 6.10 Å². The van der Waals surface area contributed by atoms with E-state index in [0.717, 1.165) is 25.2 Å². The molecule has 0 unspecified atom stereocenters. The van der Waals surface area contributed by atoms with Gasteiger partial charge in [-0.1, -0.05) is 6.07 Å². The van der Waals surface area contributed by atoms with Crippen molar-refractivity contribution >= 4 is 5.91 Å². The summed E-state index contributed by atoms with van der Waals surface area (Å²) in [6.45, 7) is 1.38. The van der Waals surface area contributed by atoms with Crippen LogP contribution >= 0.6 is 0 Å². The van der Waals surface area contributed by atoms with Crippen LogP contribution < -0.4 is 4.74 Å². The maximum Gasteiger partial charge on any atom is 0.253 e. The Morgan fingerprint density at radius 3 is 3.00 bits per heavy atom. The molecule has 0 spiro atoms. The normalized spacial score (nSPS) is 18.7. The molecule has 4 heteroatoms. The Morgan fingerprint density at radius 1 is 1.50 bits per heavy atom. The molecule has 1 heterocycles. The van der Waals surface area contributed by atoms with Crippen molar-refractivity contribution in [2.45, 2.75) is 18.9 Å². The average molecular weight is 249 g/mol. The van der Waals surface area contributed by atoms with Crippen molar-refractivity contribution in [3.63, 3.8) is 0 Å². The van der Waals surface area contributed by atoms with E-state index < -0.39 is 0 Å². The summed E-state index contributed by atoms with van der Waals surface area (Å²) in [7, 11) is 3.48. The van der Waals surface area contributed by atoms with Crippen LogP contribution in [0.15, 0.2) is 24.3 Å². The lowest BCUT2D eigenvalue weighted by Crippen LogP contribution is -2.21. The fourth-order valence-corrected chi connectivity index (χ4v) is 1.94. The van der Waals surface area contributed by atoms with Crippen LogP contribution in [0.4, 0.5) is 0 Å². The summed E-state index contributed by atoms with van der Waals surface area (Å²) in [5.41, 5.74) is 0.643. The molecule has 1 aliphatic rings. The first-order valence-electron chi connectivity index (χ1n) is 6.23. The average Bonchev–Trinajstić information content (AvgIpc) is 2.89. The molecule has 18 heavy (non-hydrogen) atoms. The van der Waals surface area contributed by atoms with Crippen molar-refractivity contribution in [3.8, 4) is 5.75 Å². The largest absolute Gasteiger partial charge is 0.491 e. The third-order valence-electron chi connectivity index (χ3n) is 2.95. The van der Waals surface area contributed by atoms with E-state index in [1.165, 1.54) is 0 Å². The van der Waals surface area contributed by atoms with Gasteiger partial charge in [0.2, 0.25) is 0 Å². The Bertz CT molecular complexity index is 411. The number of ether oxygens (including phenoxy) is 2. The fourth-order valence-electron chi connectivity index (χ4n) is 1.94. The molecular weight excluding hydrogens is 230 g/mol. The zero-order valence-corrected chi connectivity index (χ0v) is 10.9. The number of amides is 1. The summed E-state index contributed by atoms with van der Waals surface area (Å²) in [5, 5.41) is 0. The maximum absolute atomic E-state index is 11.8. The zero-order valence-electron chi connectivity index (χ0n) is 10.9. The van der Waals surface area contributed by atoms with Crippen molar-refractivity contribution in [3.05, 3.63) is 29.8 Å². The van der Waals surface area contributed by atoms with Gasteiger partial charge in [0.15, 0.2) is 0 Å². The fraction of sp³-hybridized carbons (Fsp3) is 0.500. The second-order valence-electron chi connectivity index (χ2n) is 4.67. The maximum atomic E-state index is 11.8. The van der Waals surface area contributed by atoms with Crippen LogP contribution in [0.5, 0.6) is 5.75 Å². The van der Waals surface area contributed by atoms with Gasteiger partial charge in [-0.15, -0.1) is 0 Å². The Morgan fingerprint density at radius 2 is 2.33 bits per heavy atom. The van der Waals surface area contributed by atoms with E-state index in [9.17, 15) is 4.79 Å². The predicted molar refractivity (Wildman–Crippen MR) is 68.9 cm³/mol. The first-order chi connectivity index (χ1) is 8.66. The minimum Gasteiger partial charge on any atom is -0.491 e. The van der Waals surface area contributed by atoms with E-state index >= 15 is 0 Å². The number of carbonyl (C=O) groups is 1. The van der Waals surface area contributed by atoms with E-state index in [0.29, 0.717) is 12.2 Å². The van der Waals surface area contributed by atoms with E-state index in [-0.39, 0.29) is 12.0 Å². The van der Waals surface area contributed by atoms with Crippen LogP contribution in [0, 0.1) is 0 Å². The van der Waals surface area contributed by atoms with Crippen LogP contribution in [-0.4, -0.2) is 44.2 Å². The second-order valence-corrected chi connectivity index (χ2v) is 4.67. The van der Waals surface area contributed by atoms with Gasteiger partial charge >= 0.3 is 0 Å². The van der Waals surface area contributed by atoms with Crippen molar-refractivity contribution in [1.29, 1.82) is 0 Å². The molecule has 1 atom stereocenters. The van der Waals surface area contributed by atoms with Crippen LogP contribution in [0.2, 0.25) is 0 Å². The van der Waals surface area contributed by atoms with Crippen LogP contribution in [-0.2, 0) is 4.74 Å². The second kappa shape index (κ2) is 5.87. The molecule has 0 radical (unpaired) electrons. The lowest BCUT2D eigenvalue weighted by molar-refractivity contribution is 0.0678. The zero-order chi connectivity index (χ0) is 13.0. The highest BCUT2D eigenvalue weighted by Gasteiger charge is 2.16. The van der Waals surface area contributed by atoms with Crippen LogP contribution in [0.1, 0.15) is 23.2 Å². The Hall–Kier alpha value is -1.55. The lowest BCUT2D eigenvalue weighted by atomic mass is 10.2. The minimum absolute atomic E-state index is 0.0161. The van der Waals surface area contributed by atoms with Gasteiger partial charge < -0.3 is 14.4 Å². The monoisotopic (exact) mass is 249 g/mol. The molecule has 0 saturated carbocycles. The lowest BCUT2D eigenvalue weighted by Gasteiger charge is -2.13. The molecule has 0 aromatic heterocycles. The van der Waals surface area contributed by atoms with Crippen molar-refractivity contribution < 1.29 is 14.3 Å². The number of hydrogen-bond donors (Lipinski definition) is 0. The van der Waals surface area contributed by atoms with Crippen LogP contribution in [0.3, 0.4) is 0 Å². The molecular formula is C14H19NO3. The van der Waals surface area contributed by atoms with E-state index in [2.05, 4.69) is 0 Å². The van der Waals surface area contributed by atoms with Gasteiger partial charge in [-0.05, 0) is 31.0 Å². The smallest absolute Gasteiger partial charge is 0.253 e. The van der Waals surface area contributed by atoms with Crippen molar-refractivity contribution in [2.24, 2.45) is 0 Å². The van der Waals surface area contributed by atoms with Gasteiger partial charge in [0.25, 0.3) is 5.91 Å². The Kier molecular flexibility index (Phi) is 4.20. The van der Waals surface area contributed by atoms with Gasteiger partial charge in [-0.2, -0.15) is 0 Å². The van der Waals surface area contributed by atoms with E-state index in [1.807, 2.05) is 12.1 Å². The molecule has 0 N–H and O–H groups in total. The summed E-state index contributed by atoms with van der Waals surface area (Å²) < 4.78 is 11.2. The van der Waals surface area contributed by atoms with Crippen molar-refractivity contribution in [1.82, 2.24) is 4.90 Å². The predicted octanol–water partition coefficient (Wildman–Crippen LogP) is 1.95. The molecule has 4 nitrogen and oxygen atoms in total. The minimum atomic E-state index is -0.0161. The van der Waals surface area contributed by atoms with Gasteiger partial charge in [-0.25, -0.2) is 0 Å². The molecule has 1 fully saturated rings. The number of carbonyl (C=O) groups excluding carboxylic acids is 1. The third kappa shape index (κ3) is 3.23. The molecule has 2 rings (SSSR count). The number of rotatable bonds is 4. The number of nitrogens with zero attached hydrogens (tertiary/aromatic N) is 1. The van der Waals surface area contributed by atoms with Crippen molar-refractivity contribution in [2.75, 3.05) is 27.3 Å². The number of hydrogen-bond acceptors (Lipinski definition) is 3. The first-order valence-corrected chi connectivity index (χ1v) is 6.23. The van der Waals surface area contributed by atoms with E-state index in [1.54, 1.807) is 31.1 Å². The quantitative estimate of drug-likeness (QED) is 0.818. The standard InChI is InChI=1S/C14H19NO3/c1-15(2)14(16)11-5-3-6-12(9-11)18-10-13-7-4-8-17-13/h3,5-6,9,13H,4,7-8,10H2,1-2H3/t13-/m1/s1. The summed E-state index contributed by atoms with van der Waals surface area (Å²) in [4.78, 5) is 13.4. The Balaban J connectivity index is 1.96. The van der Waals surface area contributed by atoms with Gasteiger partial charge in [0.1, 0.15) is 12.4 Å². The summed E-state index contributed by atoms with van der Waals surface area (Å²) in [5.74, 6) is 0.704. The Labute approximate surface area is 107 Å². The SMILES string of the molecule is CN(C)C(=O)c1cccc(OC[C@H]2CCCO2)c1.